The highest BCUT2D eigenvalue weighted by Gasteiger charge is 2.39. The highest BCUT2D eigenvalue weighted by Crippen LogP contribution is 2.37. The molecule has 1 aromatic carbocycles. The van der Waals surface area contributed by atoms with Crippen molar-refractivity contribution in [3.8, 4) is 5.75 Å². The summed E-state index contributed by atoms with van der Waals surface area (Å²) < 4.78 is 33.8. The number of nitrogens with zero attached hydrogens (tertiary/aromatic N) is 4. The van der Waals surface area contributed by atoms with Crippen molar-refractivity contribution in [3.05, 3.63) is 66.4 Å². The van der Waals surface area contributed by atoms with Crippen molar-refractivity contribution in [2.45, 2.75) is 37.8 Å². The van der Waals surface area contributed by atoms with Gasteiger partial charge in [0, 0.05) is 37.1 Å². The summed E-state index contributed by atoms with van der Waals surface area (Å²) in [5, 5.41) is -0.260. The predicted octanol–water partition coefficient (Wildman–Crippen LogP) is 4.00. The van der Waals surface area contributed by atoms with Crippen LogP contribution in [0.2, 0.25) is 0 Å². The lowest BCUT2D eigenvalue weighted by molar-refractivity contribution is 0.0981. The van der Waals surface area contributed by atoms with E-state index in [0.717, 1.165) is 18.7 Å². The number of carbonyl (C=O) groups is 1. The topological polar surface area (TPSA) is 105 Å². The predicted molar refractivity (Wildman–Crippen MR) is 139 cm³/mol. The van der Waals surface area contributed by atoms with Crippen LogP contribution in [0.25, 0.3) is 0 Å². The Hall–Kier alpha value is -3.66. The molecule has 1 fully saturated rings. The zero-order chi connectivity index (χ0) is 26.1. The van der Waals surface area contributed by atoms with Gasteiger partial charge in [-0.1, -0.05) is 19.1 Å². The highest BCUT2D eigenvalue weighted by atomic mass is 32.2. The lowest BCUT2D eigenvalue weighted by Crippen LogP contribution is -2.41. The van der Waals surface area contributed by atoms with Gasteiger partial charge in [-0.2, -0.15) is 8.42 Å². The minimum atomic E-state index is -4.25. The van der Waals surface area contributed by atoms with Crippen LogP contribution in [0.3, 0.4) is 0 Å². The molecule has 36 heavy (non-hydrogen) atoms. The third-order valence-corrected chi connectivity index (χ3v) is 7.59. The second-order valence-corrected chi connectivity index (χ2v) is 11.3. The molecule has 1 aliphatic heterocycles. The third kappa shape index (κ3) is 5.13. The van der Waals surface area contributed by atoms with Crippen LogP contribution in [-0.4, -0.2) is 50.5 Å². The van der Waals surface area contributed by atoms with Crippen molar-refractivity contribution in [1.82, 2.24) is 14.7 Å². The molecule has 3 aromatic rings. The standard InChI is InChI=1S/C26H31N5O4S/c1-18-16-26(2,3)31(17-18)24-21(11-8-14-27-24)25(32)29-36(33,34)23-13-7-12-22(28-23)30(4)19-9-6-10-20(15-19)35-5/h6-15,18H,16-17H2,1-5H3,(H,29,32). The zero-order valence-electron chi connectivity index (χ0n) is 21.1. The molecule has 190 valence electrons. The molecule has 10 heteroatoms. The Kier molecular flexibility index (Phi) is 6.90. The molecule has 0 bridgehead atoms. The fourth-order valence-corrected chi connectivity index (χ4v) is 5.60. The van der Waals surface area contributed by atoms with Crippen LogP contribution in [0.1, 0.15) is 37.6 Å². The number of hydrogen-bond donors (Lipinski definition) is 1. The van der Waals surface area contributed by atoms with E-state index in [2.05, 4.69) is 40.4 Å². The van der Waals surface area contributed by atoms with E-state index in [1.165, 1.54) is 6.07 Å². The van der Waals surface area contributed by atoms with E-state index < -0.39 is 15.9 Å². The molecule has 2 aromatic heterocycles. The van der Waals surface area contributed by atoms with Gasteiger partial charge in [-0.05, 0) is 62.6 Å². The normalized spacial score (nSPS) is 17.0. The first-order valence-corrected chi connectivity index (χ1v) is 13.1. The van der Waals surface area contributed by atoms with Crippen molar-refractivity contribution in [2.75, 3.05) is 30.5 Å². The van der Waals surface area contributed by atoms with E-state index in [0.29, 0.717) is 23.3 Å². The van der Waals surface area contributed by atoms with E-state index in [1.807, 2.05) is 24.3 Å². The maximum Gasteiger partial charge on any atom is 0.281 e. The van der Waals surface area contributed by atoms with E-state index >= 15 is 0 Å². The second kappa shape index (κ2) is 9.77. The zero-order valence-corrected chi connectivity index (χ0v) is 21.9. The van der Waals surface area contributed by atoms with Gasteiger partial charge in [-0.3, -0.25) is 4.79 Å². The minimum absolute atomic E-state index is 0.202. The highest BCUT2D eigenvalue weighted by molar-refractivity contribution is 7.90. The number of hydrogen-bond acceptors (Lipinski definition) is 8. The van der Waals surface area contributed by atoms with Gasteiger partial charge < -0.3 is 14.5 Å². The Morgan fingerprint density at radius 1 is 1.17 bits per heavy atom. The number of benzene rings is 1. The van der Waals surface area contributed by atoms with Gasteiger partial charge in [0.05, 0.1) is 12.7 Å². The molecule has 1 atom stereocenters. The molecule has 1 aliphatic rings. The van der Waals surface area contributed by atoms with Crippen LogP contribution in [0.5, 0.6) is 5.75 Å². The fourth-order valence-electron chi connectivity index (χ4n) is 4.67. The molecule has 0 aliphatic carbocycles. The average Bonchev–Trinajstić information content (AvgIpc) is 3.14. The number of carbonyl (C=O) groups excluding carboxylic acids is 1. The maximum atomic E-state index is 13.2. The molecule has 9 nitrogen and oxygen atoms in total. The summed E-state index contributed by atoms with van der Waals surface area (Å²) in [4.78, 5) is 25.8. The smallest absolute Gasteiger partial charge is 0.281 e. The van der Waals surface area contributed by atoms with Gasteiger partial charge in [0.15, 0.2) is 5.03 Å². The lowest BCUT2D eigenvalue weighted by Gasteiger charge is -2.33. The van der Waals surface area contributed by atoms with Crippen molar-refractivity contribution in [1.29, 1.82) is 0 Å². The Morgan fingerprint density at radius 2 is 1.92 bits per heavy atom. The van der Waals surface area contributed by atoms with Gasteiger partial charge in [-0.25, -0.2) is 14.7 Å². The van der Waals surface area contributed by atoms with Crippen LogP contribution in [-0.2, 0) is 10.0 Å². The van der Waals surface area contributed by atoms with Crippen LogP contribution < -0.4 is 19.3 Å². The van der Waals surface area contributed by atoms with E-state index in [4.69, 9.17) is 4.74 Å². The first kappa shape index (κ1) is 25.4. The van der Waals surface area contributed by atoms with E-state index in [9.17, 15) is 13.2 Å². The van der Waals surface area contributed by atoms with Gasteiger partial charge in [0.2, 0.25) is 0 Å². The van der Waals surface area contributed by atoms with E-state index in [1.54, 1.807) is 49.5 Å². The van der Waals surface area contributed by atoms with Gasteiger partial charge >= 0.3 is 0 Å². The lowest BCUT2D eigenvalue weighted by atomic mass is 9.97. The monoisotopic (exact) mass is 509 g/mol. The molecule has 3 heterocycles. The molecule has 1 unspecified atom stereocenters. The van der Waals surface area contributed by atoms with Crippen molar-refractivity contribution in [3.63, 3.8) is 0 Å². The summed E-state index contributed by atoms with van der Waals surface area (Å²) in [5.74, 6) is 1.21. The van der Waals surface area contributed by atoms with Crippen molar-refractivity contribution in [2.24, 2.45) is 5.92 Å². The van der Waals surface area contributed by atoms with Gasteiger partial charge in [0.1, 0.15) is 17.4 Å². The first-order chi connectivity index (χ1) is 17.0. The number of amides is 1. The van der Waals surface area contributed by atoms with Crippen LogP contribution >= 0.6 is 0 Å². The summed E-state index contributed by atoms with van der Waals surface area (Å²) in [6.07, 6.45) is 2.56. The quantitative estimate of drug-likeness (QED) is 0.510. The molecule has 0 saturated carbocycles. The Labute approximate surface area is 212 Å². The Morgan fingerprint density at radius 3 is 2.61 bits per heavy atom. The number of nitrogens with one attached hydrogen (secondary N) is 1. The Bertz CT molecular complexity index is 1380. The molecule has 4 rings (SSSR count). The minimum Gasteiger partial charge on any atom is -0.497 e. The Balaban J connectivity index is 1.60. The van der Waals surface area contributed by atoms with E-state index in [-0.39, 0.29) is 16.1 Å². The number of pyridine rings is 2. The molecule has 1 N–H and O–H groups in total. The number of ether oxygens (including phenoxy) is 1. The summed E-state index contributed by atoms with van der Waals surface area (Å²) in [6, 6.07) is 15.2. The fraction of sp³-hybridized carbons (Fsp3) is 0.346. The van der Waals surface area contributed by atoms with Crippen LogP contribution in [0, 0.1) is 5.92 Å². The average molecular weight is 510 g/mol. The molecule has 1 amide bonds. The largest absolute Gasteiger partial charge is 0.497 e. The summed E-state index contributed by atoms with van der Waals surface area (Å²) in [5.41, 5.74) is 0.762. The van der Waals surface area contributed by atoms with Crippen molar-refractivity contribution >= 4 is 33.3 Å². The molecule has 0 spiro atoms. The number of rotatable bonds is 7. The number of methoxy groups -OCH3 is 1. The van der Waals surface area contributed by atoms with Gasteiger partial charge in [-0.15, -0.1) is 0 Å². The molecular weight excluding hydrogens is 478 g/mol. The maximum absolute atomic E-state index is 13.2. The molecule has 1 saturated heterocycles. The summed E-state index contributed by atoms with van der Waals surface area (Å²) in [7, 11) is -0.901. The van der Waals surface area contributed by atoms with Crippen LogP contribution in [0.15, 0.2) is 65.8 Å². The SMILES string of the molecule is COc1cccc(N(C)c2cccc(S(=O)(=O)NC(=O)c3cccnc3N3CC(C)CC3(C)C)n2)c1. The van der Waals surface area contributed by atoms with Crippen molar-refractivity contribution < 1.29 is 17.9 Å². The molecule has 0 radical (unpaired) electrons. The number of sulfonamides is 1. The van der Waals surface area contributed by atoms with Crippen LogP contribution in [0.4, 0.5) is 17.3 Å². The number of aromatic nitrogens is 2. The second-order valence-electron chi connectivity index (χ2n) is 9.64. The summed E-state index contributed by atoms with van der Waals surface area (Å²) in [6.45, 7) is 7.07. The number of anilines is 3. The third-order valence-electron chi connectivity index (χ3n) is 6.36. The molecular formula is C26H31N5O4S. The van der Waals surface area contributed by atoms with Gasteiger partial charge in [0.25, 0.3) is 15.9 Å². The summed E-state index contributed by atoms with van der Waals surface area (Å²) >= 11 is 0. The first-order valence-electron chi connectivity index (χ1n) is 11.7.